The molecule has 1 saturated carbocycles. The normalized spacial score (nSPS) is 39.4. The second-order valence-corrected chi connectivity index (χ2v) is 8.04. The molecule has 0 amide bonds. The molecule has 2 aliphatic heterocycles. The van der Waals surface area contributed by atoms with Crippen molar-refractivity contribution in [2.75, 3.05) is 32.7 Å². The largest absolute Gasteiger partial charge is 0.329 e. The van der Waals surface area contributed by atoms with Crippen LogP contribution in [0.15, 0.2) is 0 Å². The van der Waals surface area contributed by atoms with Gasteiger partial charge < -0.3 is 5.73 Å². The number of likely N-dealkylation sites (tertiary alicyclic amines) is 2. The van der Waals surface area contributed by atoms with Gasteiger partial charge in [-0.15, -0.1) is 0 Å². The molecule has 3 atom stereocenters. The van der Waals surface area contributed by atoms with Gasteiger partial charge in [-0.2, -0.15) is 0 Å². The van der Waals surface area contributed by atoms with E-state index in [1.54, 1.807) is 0 Å². The van der Waals surface area contributed by atoms with Crippen LogP contribution in [0.25, 0.3) is 0 Å². The fraction of sp³-hybridized carbons (Fsp3) is 1.00. The predicted molar refractivity (Wildman–Crippen MR) is 89.4 cm³/mol. The summed E-state index contributed by atoms with van der Waals surface area (Å²) in [6.07, 6.45) is 9.70. The van der Waals surface area contributed by atoms with Gasteiger partial charge in [0.05, 0.1) is 0 Å². The lowest BCUT2D eigenvalue weighted by Crippen LogP contribution is -2.60. The average Bonchev–Trinajstić information content (AvgIpc) is 3.17. The van der Waals surface area contributed by atoms with E-state index >= 15 is 0 Å². The lowest BCUT2D eigenvalue weighted by atomic mass is 9.67. The quantitative estimate of drug-likeness (QED) is 0.865. The summed E-state index contributed by atoms with van der Waals surface area (Å²) in [5, 5.41) is 0. The predicted octanol–water partition coefficient (Wildman–Crippen LogP) is 2.70. The van der Waals surface area contributed by atoms with Crippen LogP contribution in [0, 0.1) is 11.8 Å². The Balaban J connectivity index is 1.72. The van der Waals surface area contributed by atoms with E-state index in [0.717, 1.165) is 24.4 Å². The molecular formula is C18H35N3. The summed E-state index contributed by atoms with van der Waals surface area (Å²) in [5.74, 6) is 1.56. The molecule has 2 N–H and O–H groups in total. The molecule has 0 aromatic carbocycles. The molecule has 2 heterocycles. The van der Waals surface area contributed by atoms with Crippen LogP contribution < -0.4 is 5.73 Å². The fourth-order valence-electron chi connectivity index (χ4n) is 5.53. The topological polar surface area (TPSA) is 32.5 Å². The second kappa shape index (κ2) is 6.55. The maximum atomic E-state index is 6.39. The van der Waals surface area contributed by atoms with E-state index in [-0.39, 0.29) is 0 Å². The van der Waals surface area contributed by atoms with Crippen LogP contribution in [0.1, 0.15) is 58.8 Å². The van der Waals surface area contributed by atoms with E-state index in [1.807, 2.05) is 0 Å². The lowest BCUT2D eigenvalue weighted by Gasteiger charge is -2.51. The van der Waals surface area contributed by atoms with Crippen molar-refractivity contribution < 1.29 is 0 Å². The van der Waals surface area contributed by atoms with Crippen molar-refractivity contribution in [1.29, 1.82) is 0 Å². The Morgan fingerprint density at radius 3 is 2.48 bits per heavy atom. The van der Waals surface area contributed by atoms with Crippen molar-refractivity contribution in [2.24, 2.45) is 17.6 Å². The number of nitrogens with zero attached hydrogens (tertiary/aromatic N) is 2. The Labute approximate surface area is 131 Å². The molecule has 2 saturated heterocycles. The Morgan fingerprint density at radius 1 is 1.05 bits per heavy atom. The van der Waals surface area contributed by atoms with E-state index in [9.17, 15) is 0 Å². The number of hydrogen-bond acceptors (Lipinski definition) is 3. The Bertz CT molecular complexity index is 337. The van der Waals surface area contributed by atoms with Crippen molar-refractivity contribution in [3.8, 4) is 0 Å². The first-order valence-electron chi connectivity index (χ1n) is 9.36. The average molecular weight is 293 g/mol. The maximum Gasteiger partial charge on any atom is 0.0362 e. The van der Waals surface area contributed by atoms with Gasteiger partial charge >= 0.3 is 0 Å². The van der Waals surface area contributed by atoms with Crippen molar-refractivity contribution in [1.82, 2.24) is 9.80 Å². The summed E-state index contributed by atoms with van der Waals surface area (Å²) in [7, 11) is 0. The minimum absolute atomic E-state index is 0.306. The zero-order chi connectivity index (χ0) is 14.9. The first-order chi connectivity index (χ1) is 10.2. The van der Waals surface area contributed by atoms with E-state index in [1.165, 1.54) is 71.1 Å². The highest BCUT2D eigenvalue weighted by molar-refractivity contribution is 5.04. The molecule has 3 fully saturated rings. The molecule has 0 aromatic heterocycles. The van der Waals surface area contributed by atoms with Gasteiger partial charge in [0.15, 0.2) is 0 Å². The zero-order valence-electron chi connectivity index (χ0n) is 14.2. The van der Waals surface area contributed by atoms with Gasteiger partial charge in [-0.1, -0.05) is 26.7 Å². The monoisotopic (exact) mass is 293 g/mol. The third-order valence-electron chi connectivity index (χ3n) is 6.67. The second-order valence-electron chi connectivity index (χ2n) is 8.04. The SMILES string of the molecule is CC(C)C1CCCCC1(CN)N1CCC(N2CCCC2)C1. The lowest BCUT2D eigenvalue weighted by molar-refractivity contribution is -0.00245. The van der Waals surface area contributed by atoms with Gasteiger partial charge in [-0.3, -0.25) is 9.80 Å². The molecule has 0 bridgehead atoms. The molecule has 0 radical (unpaired) electrons. The molecule has 0 spiro atoms. The van der Waals surface area contributed by atoms with Crippen molar-refractivity contribution >= 4 is 0 Å². The van der Waals surface area contributed by atoms with Gasteiger partial charge in [0, 0.05) is 31.2 Å². The van der Waals surface area contributed by atoms with Crippen LogP contribution in [-0.2, 0) is 0 Å². The van der Waals surface area contributed by atoms with E-state index < -0.39 is 0 Å². The summed E-state index contributed by atoms with van der Waals surface area (Å²) in [4.78, 5) is 5.57. The minimum atomic E-state index is 0.306. The third kappa shape index (κ3) is 2.89. The van der Waals surface area contributed by atoms with Crippen molar-refractivity contribution in [2.45, 2.75) is 70.4 Å². The van der Waals surface area contributed by atoms with E-state index in [2.05, 4.69) is 23.6 Å². The molecule has 3 nitrogen and oxygen atoms in total. The molecule has 1 aliphatic carbocycles. The third-order valence-corrected chi connectivity index (χ3v) is 6.67. The summed E-state index contributed by atoms with van der Waals surface area (Å²) in [6.45, 7) is 10.9. The van der Waals surface area contributed by atoms with Crippen LogP contribution in [0.2, 0.25) is 0 Å². The minimum Gasteiger partial charge on any atom is -0.329 e. The molecule has 122 valence electrons. The van der Waals surface area contributed by atoms with E-state index in [4.69, 9.17) is 5.73 Å². The zero-order valence-corrected chi connectivity index (χ0v) is 14.2. The van der Waals surface area contributed by atoms with Gasteiger partial charge in [-0.25, -0.2) is 0 Å². The van der Waals surface area contributed by atoms with Crippen LogP contribution in [0.3, 0.4) is 0 Å². The molecule has 3 heteroatoms. The Hall–Kier alpha value is -0.120. The standard InChI is InChI=1S/C18H35N3/c1-15(2)17-7-3-4-9-18(17,14-19)21-12-8-16(13-21)20-10-5-6-11-20/h15-17H,3-14,19H2,1-2H3. The molecular weight excluding hydrogens is 258 g/mol. The van der Waals surface area contributed by atoms with Crippen molar-refractivity contribution in [3.63, 3.8) is 0 Å². The molecule has 3 aliphatic rings. The number of nitrogens with two attached hydrogens (primary N) is 1. The van der Waals surface area contributed by atoms with Crippen LogP contribution in [0.5, 0.6) is 0 Å². The van der Waals surface area contributed by atoms with E-state index in [0.29, 0.717) is 5.54 Å². The van der Waals surface area contributed by atoms with Gasteiger partial charge in [0.25, 0.3) is 0 Å². The molecule has 3 rings (SSSR count). The van der Waals surface area contributed by atoms with Gasteiger partial charge in [0.2, 0.25) is 0 Å². The summed E-state index contributed by atoms with van der Waals surface area (Å²) >= 11 is 0. The molecule has 0 aromatic rings. The highest BCUT2D eigenvalue weighted by Gasteiger charge is 2.48. The highest BCUT2D eigenvalue weighted by Crippen LogP contribution is 2.43. The van der Waals surface area contributed by atoms with Gasteiger partial charge in [0.1, 0.15) is 0 Å². The Morgan fingerprint density at radius 2 is 1.81 bits per heavy atom. The number of rotatable bonds is 4. The number of hydrogen-bond donors (Lipinski definition) is 1. The first kappa shape index (κ1) is 15.8. The highest BCUT2D eigenvalue weighted by atomic mass is 15.3. The van der Waals surface area contributed by atoms with Crippen LogP contribution in [0.4, 0.5) is 0 Å². The summed E-state index contributed by atoms with van der Waals surface area (Å²) in [6, 6.07) is 0.811. The van der Waals surface area contributed by atoms with Crippen LogP contribution in [-0.4, -0.2) is 54.1 Å². The summed E-state index contributed by atoms with van der Waals surface area (Å²) < 4.78 is 0. The first-order valence-corrected chi connectivity index (χ1v) is 9.36. The maximum absolute atomic E-state index is 6.39. The molecule has 3 unspecified atom stereocenters. The van der Waals surface area contributed by atoms with Gasteiger partial charge in [-0.05, 0) is 57.0 Å². The Kier molecular flexibility index (Phi) is 4.92. The fourth-order valence-corrected chi connectivity index (χ4v) is 5.53. The van der Waals surface area contributed by atoms with Crippen LogP contribution >= 0.6 is 0 Å². The summed E-state index contributed by atoms with van der Waals surface area (Å²) in [5.41, 5.74) is 6.70. The smallest absolute Gasteiger partial charge is 0.0362 e. The molecule has 21 heavy (non-hydrogen) atoms. The van der Waals surface area contributed by atoms with Crippen molar-refractivity contribution in [3.05, 3.63) is 0 Å².